The van der Waals surface area contributed by atoms with Gasteiger partial charge in [0.2, 0.25) is 0 Å². The molecule has 2 N–H and O–H groups in total. The maximum Gasteiger partial charge on any atom is 0.255 e. The van der Waals surface area contributed by atoms with Crippen LogP contribution in [-0.2, 0) is 4.74 Å². The number of pyridine rings is 1. The molecule has 7 heteroatoms. The van der Waals surface area contributed by atoms with Crippen molar-refractivity contribution in [3.63, 3.8) is 0 Å². The van der Waals surface area contributed by atoms with Crippen LogP contribution in [-0.4, -0.2) is 83.9 Å². The summed E-state index contributed by atoms with van der Waals surface area (Å²) in [4.78, 5) is 21.4. The van der Waals surface area contributed by atoms with E-state index >= 15 is 0 Å². The van der Waals surface area contributed by atoms with Crippen LogP contribution in [0.1, 0.15) is 36.5 Å². The summed E-state index contributed by atoms with van der Waals surface area (Å²) in [6.45, 7) is 7.64. The molecule has 1 amide bonds. The predicted octanol–water partition coefficient (Wildman–Crippen LogP) is 1.20. The van der Waals surface area contributed by atoms with Gasteiger partial charge in [0.05, 0.1) is 24.9 Å². The summed E-state index contributed by atoms with van der Waals surface area (Å²) in [6, 6.07) is 4.18. The normalized spacial score (nSPS) is 20.8. The number of carbonyl (C=O) groups is 1. The Balaban J connectivity index is 1.48. The topological polar surface area (TPSA) is 77.9 Å². The number of carbonyl (C=O) groups excluding carboxylic acids is 1. The van der Waals surface area contributed by atoms with E-state index in [-0.39, 0.29) is 12.0 Å². The van der Waals surface area contributed by atoms with E-state index in [0.29, 0.717) is 30.4 Å². The van der Waals surface area contributed by atoms with Crippen molar-refractivity contribution in [2.24, 2.45) is 0 Å². The number of amides is 1. The van der Waals surface area contributed by atoms with Gasteiger partial charge in [0.15, 0.2) is 0 Å². The summed E-state index contributed by atoms with van der Waals surface area (Å²) < 4.78 is 5.42. The highest BCUT2D eigenvalue weighted by molar-refractivity contribution is 5.94. The largest absolute Gasteiger partial charge is 0.391 e. The van der Waals surface area contributed by atoms with Crippen LogP contribution in [0.25, 0.3) is 0 Å². The van der Waals surface area contributed by atoms with Crippen LogP contribution in [0.4, 0.5) is 5.82 Å². The molecule has 1 unspecified atom stereocenters. The highest BCUT2D eigenvalue weighted by Gasteiger charge is 2.28. The molecular formula is C19H30N4O3. The Morgan fingerprint density at radius 3 is 2.65 bits per heavy atom. The fourth-order valence-electron chi connectivity index (χ4n) is 3.55. The number of morpholine rings is 1. The second kappa shape index (κ2) is 9.30. The smallest absolute Gasteiger partial charge is 0.255 e. The molecule has 0 saturated carbocycles. The number of aromatic nitrogens is 1. The summed E-state index contributed by atoms with van der Waals surface area (Å²) in [5.41, 5.74) is 0.622. The molecule has 2 aliphatic rings. The van der Waals surface area contributed by atoms with Gasteiger partial charge in [-0.3, -0.25) is 9.69 Å². The van der Waals surface area contributed by atoms with E-state index in [2.05, 4.69) is 15.2 Å². The first-order valence-corrected chi connectivity index (χ1v) is 9.66. The van der Waals surface area contributed by atoms with Gasteiger partial charge in [0, 0.05) is 45.0 Å². The molecule has 0 bridgehead atoms. The van der Waals surface area contributed by atoms with E-state index in [0.717, 1.165) is 52.2 Å². The maximum absolute atomic E-state index is 12.7. The SMILES string of the molecule is CCC(O)CNc1ccc(C(=O)N2CCC(N3CCOCC3)CC2)cn1. The number of aliphatic hydroxyl groups excluding tert-OH is 1. The van der Waals surface area contributed by atoms with Gasteiger partial charge in [-0.25, -0.2) is 4.98 Å². The zero-order valence-electron chi connectivity index (χ0n) is 15.6. The number of hydrogen-bond acceptors (Lipinski definition) is 6. The van der Waals surface area contributed by atoms with Gasteiger partial charge >= 0.3 is 0 Å². The van der Waals surface area contributed by atoms with Crippen molar-refractivity contribution in [3.8, 4) is 0 Å². The number of nitrogens with one attached hydrogen (secondary N) is 1. The van der Waals surface area contributed by atoms with Crippen molar-refractivity contribution < 1.29 is 14.6 Å². The lowest BCUT2D eigenvalue weighted by Gasteiger charge is -2.40. The number of anilines is 1. The lowest BCUT2D eigenvalue weighted by atomic mass is 10.0. The quantitative estimate of drug-likeness (QED) is 0.792. The Morgan fingerprint density at radius 2 is 2.04 bits per heavy atom. The molecule has 0 aliphatic carbocycles. The van der Waals surface area contributed by atoms with Crippen LogP contribution in [0.3, 0.4) is 0 Å². The molecule has 3 rings (SSSR count). The van der Waals surface area contributed by atoms with E-state index in [1.807, 2.05) is 17.9 Å². The van der Waals surface area contributed by atoms with Crippen molar-refractivity contribution in [2.45, 2.75) is 38.3 Å². The third kappa shape index (κ3) is 4.93. The Labute approximate surface area is 155 Å². The van der Waals surface area contributed by atoms with Crippen LogP contribution in [0, 0.1) is 0 Å². The molecule has 7 nitrogen and oxygen atoms in total. The number of rotatable bonds is 6. The number of hydrogen-bond donors (Lipinski definition) is 2. The number of piperidine rings is 1. The monoisotopic (exact) mass is 362 g/mol. The molecule has 2 aliphatic heterocycles. The van der Waals surface area contributed by atoms with Gasteiger partial charge in [-0.15, -0.1) is 0 Å². The molecule has 2 fully saturated rings. The molecular weight excluding hydrogens is 332 g/mol. The molecule has 0 aromatic carbocycles. The molecule has 1 aromatic heterocycles. The number of aliphatic hydroxyl groups is 1. The van der Waals surface area contributed by atoms with Crippen molar-refractivity contribution >= 4 is 11.7 Å². The third-order valence-electron chi connectivity index (χ3n) is 5.31. The first-order chi connectivity index (χ1) is 12.7. The fourth-order valence-corrected chi connectivity index (χ4v) is 3.55. The first-order valence-electron chi connectivity index (χ1n) is 9.66. The Hall–Kier alpha value is -1.70. The van der Waals surface area contributed by atoms with Gasteiger partial charge in [0.1, 0.15) is 5.82 Å². The lowest BCUT2D eigenvalue weighted by molar-refractivity contribution is 0.00158. The highest BCUT2D eigenvalue weighted by atomic mass is 16.5. The second-order valence-electron chi connectivity index (χ2n) is 7.05. The zero-order chi connectivity index (χ0) is 18.4. The standard InChI is InChI=1S/C19H30N4O3/c1-2-17(24)14-21-18-4-3-15(13-20-18)19(25)23-7-5-16(6-8-23)22-9-11-26-12-10-22/h3-4,13,16-17,24H,2,5-12,14H2,1H3,(H,20,21). The summed E-state index contributed by atoms with van der Waals surface area (Å²) in [5, 5.41) is 12.7. The minimum atomic E-state index is -0.383. The van der Waals surface area contributed by atoms with Crippen LogP contribution in [0.15, 0.2) is 18.3 Å². The Kier molecular flexibility index (Phi) is 6.82. The summed E-state index contributed by atoms with van der Waals surface area (Å²) in [5.74, 6) is 0.734. The average molecular weight is 362 g/mol. The molecule has 0 radical (unpaired) electrons. The number of nitrogens with zero attached hydrogens (tertiary/aromatic N) is 3. The molecule has 1 atom stereocenters. The van der Waals surface area contributed by atoms with Crippen LogP contribution >= 0.6 is 0 Å². The predicted molar refractivity (Wildman–Crippen MR) is 100 cm³/mol. The van der Waals surface area contributed by atoms with E-state index in [9.17, 15) is 9.90 Å². The summed E-state index contributed by atoms with van der Waals surface area (Å²) in [7, 11) is 0. The molecule has 3 heterocycles. The zero-order valence-corrected chi connectivity index (χ0v) is 15.6. The minimum Gasteiger partial charge on any atom is -0.391 e. The van der Waals surface area contributed by atoms with Gasteiger partial charge in [-0.1, -0.05) is 6.92 Å². The molecule has 1 aromatic rings. The van der Waals surface area contributed by atoms with Gasteiger partial charge < -0.3 is 20.1 Å². The minimum absolute atomic E-state index is 0.0538. The van der Waals surface area contributed by atoms with E-state index < -0.39 is 0 Å². The maximum atomic E-state index is 12.7. The average Bonchev–Trinajstić information content (AvgIpc) is 2.72. The van der Waals surface area contributed by atoms with Crippen LogP contribution in [0.2, 0.25) is 0 Å². The fraction of sp³-hybridized carbons (Fsp3) is 0.684. The van der Waals surface area contributed by atoms with Gasteiger partial charge in [-0.2, -0.15) is 0 Å². The Bertz CT molecular complexity index is 567. The van der Waals surface area contributed by atoms with E-state index in [1.165, 1.54) is 0 Å². The molecule has 0 spiro atoms. The van der Waals surface area contributed by atoms with Crippen LogP contribution < -0.4 is 5.32 Å². The Morgan fingerprint density at radius 1 is 1.31 bits per heavy atom. The summed E-state index contributed by atoms with van der Waals surface area (Å²) in [6.07, 6.45) is 3.98. The first kappa shape index (κ1) is 19.1. The van der Waals surface area contributed by atoms with Crippen molar-refractivity contribution in [2.75, 3.05) is 51.3 Å². The van der Waals surface area contributed by atoms with Crippen molar-refractivity contribution in [1.29, 1.82) is 0 Å². The van der Waals surface area contributed by atoms with E-state index in [4.69, 9.17) is 4.74 Å². The van der Waals surface area contributed by atoms with E-state index in [1.54, 1.807) is 12.3 Å². The molecule has 144 valence electrons. The second-order valence-corrected chi connectivity index (χ2v) is 7.05. The summed E-state index contributed by atoms with van der Waals surface area (Å²) >= 11 is 0. The third-order valence-corrected chi connectivity index (χ3v) is 5.31. The van der Waals surface area contributed by atoms with Gasteiger partial charge in [0.25, 0.3) is 5.91 Å². The molecule has 26 heavy (non-hydrogen) atoms. The molecule has 2 saturated heterocycles. The van der Waals surface area contributed by atoms with Crippen molar-refractivity contribution in [3.05, 3.63) is 23.9 Å². The highest BCUT2D eigenvalue weighted by Crippen LogP contribution is 2.19. The number of likely N-dealkylation sites (tertiary alicyclic amines) is 1. The van der Waals surface area contributed by atoms with Crippen LogP contribution in [0.5, 0.6) is 0 Å². The lowest BCUT2D eigenvalue weighted by Crippen LogP contribution is -2.50. The van der Waals surface area contributed by atoms with Crippen molar-refractivity contribution in [1.82, 2.24) is 14.8 Å². The number of ether oxygens (including phenoxy) is 1. The van der Waals surface area contributed by atoms with Gasteiger partial charge in [-0.05, 0) is 31.4 Å².